The van der Waals surface area contributed by atoms with E-state index in [9.17, 15) is 9.90 Å². The average Bonchev–Trinajstić information content (AvgIpc) is 2.38. The predicted octanol–water partition coefficient (Wildman–Crippen LogP) is 1.36. The lowest BCUT2D eigenvalue weighted by Crippen LogP contribution is -2.36. The molecule has 2 N–H and O–H groups in total. The van der Waals surface area contributed by atoms with Gasteiger partial charge in [0.2, 0.25) is 0 Å². The molecule has 1 aromatic rings. The molecule has 0 spiro atoms. The van der Waals surface area contributed by atoms with E-state index in [4.69, 9.17) is 0 Å². The molecule has 0 radical (unpaired) electrons. The van der Waals surface area contributed by atoms with E-state index in [0.29, 0.717) is 12.1 Å². The van der Waals surface area contributed by atoms with Gasteiger partial charge in [-0.1, -0.05) is 12.8 Å². The molecule has 2 unspecified atom stereocenters. The van der Waals surface area contributed by atoms with Crippen molar-refractivity contribution in [2.45, 2.75) is 31.8 Å². The van der Waals surface area contributed by atoms with Crippen LogP contribution in [0.5, 0.6) is 0 Å². The Balaban J connectivity index is 1.84. The van der Waals surface area contributed by atoms with E-state index in [-0.39, 0.29) is 17.9 Å². The lowest BCUT2D eigenvalue weighted by Gasteiger charge is -2.27. The standard InChI is InChI=1S/C13H18N2O2/c16-12-6-2-1-4-10(12)9-15-13(17)11-5-3-7-14-8-11/h3,5,7-8,10,12,16H,1-2,4,6,9H2,(H,15,17). The lowest BCUT2D eigenvalue weighted by atomic mass is 9.86. The third-order valence-electron chi connectivity index (χ3n) is 3.32. The number of rotatable bonds is 3. The summed E-state index contributed by atoms with van der Waals surface area (Å²) >= 11 is 0. The van der Waals surface area contributed by atoms with Crippen LogP contribution in [0.3, 0.4) is 0 Å². The summed E-state index contributed by atoms with van der Waals surface area (Å²) in [5, 5.41) is 12.6. The number of nitrogens with one attached hydrogen (secondary N) is 1. The number of aliphatic hydroxyl groups is 1. The number of hydrogen-bond donors (Lipinski definition) is 2. The summed E-state index contributed by atoms with van der Waals surface area (Å²) < 4.78 is 0. The maximum atomic E-state index is 11.8. The minimum Gasteiger partial charge on any atom is -0.393 e. The number of nitrogens with zero attached hydrogens (tertiary/aromatic N) is 1. The van der Waals surface area contributed by atoms with Crippen molar-refractivity contribution in [3.63, 3.8) is 0 Å². The molecule has 1 heterocycles. The Bertz CT molecular complexity index is 367. The van der Waals surface area contributed by atoms with Gasteiger partial charge in [0.25, 0.3) is 5.91 Å². The minimum atomic E-state index is -0.266. The monoisotopic (exact) mass is 234 g/mol. The first kappa shape index (κ1) is 12.0. The van der Waals surface area contributed by atoms with Gasteiger partial charge in [-0.15, -0.1) is 0 Å². The van der Waals surface area contributed by atoms with Crippen molar-refractivity contribution in [1.29, 1.82) is 0 Å². The van der Waals surface area contributed by atoms with Gasteiger partial charge in [0, 0.05) is 24.9 Å². The van der Waals surface area contributed by atoms with Crippen LogP contribution in [-0.2, 0) is 0 Å². The molecular formula is C13H18N2O2. The lowest BCUT2D eigenvalue weighted by molar-refractivity contribution is 0.0663. The molecule has 2 rings (SSSR count). The normalized spacial score (nSPS) is 24.3. The largest absolute Gasteiger partial charge is 0.393 e. The zero-order chi connectivity index (χ0) is 12.1. The topological polar surface area (TPSA) is 62.2 Å². The van der Waals surface area contributed by atoms with Gasteiger partial charge in [0.05, 0.1) is 11.7 Å². The molecule has 17 heavy (non-hydrogen) atoms. The van der Waals surface area contributed by atoms with Crippen LogP contribution in [0.15, 0.2) is 24.5 Å². The molecule has 4 nitrogen and oxygen atoms in total. The number of aromatic nitrogens is 1. The molecular weight excluding hydrogens is 216 g/mol. The quantitative estimate of drug-likeness (QED) is 0.830. The van der Waals surface area contributed by atoms with Gasteiger partial charge in [-0.3, -0.25) is 9.78 Å². The van der Waals surface area contributed by atoms with Gasteiger partial charge in [0.15, 0.2) is 0 Å². The molecule has 2 atom stereocenters. The number of hydrogen-bond acceptors (Lipinski definition) is 3. The van der Waals surface area contributed by atoms with Crippen molar-refractivity contribution in [3.8, 4) is 0 Å². The fourth-order valence-electron chi connectivity index (χ4n) is 2.25. The highest BCUT2D eigenvalue weighted by Gasteiger charge is 2.23. The van der Waals surface area contributed by atoms with Crippen molar-refractivity contribution in [1.82, 2.24) is 10.3 Å². The first-order valence-electron chi connectivity index (χ1n) is 6.13. The zero-order valence-corrected chi connectivity index (χ0v) is 9.80. The van der Waals surface area contributed by atoms with E-state index in [1.165, 1.54) is 0 Å². The second-order valence-corrected chi connectivity index (χ2v) is 4.56. The van der Waals surface area contributed by atoms with Crippen molar-refractivity contribution in [2.24, 2.45) is 5.92 Å². The van der Waals surface area contributed by atoms with E-state index < -0.39 is 0 Å². The van der Waals surface area contributed by atoms with E-state index in [0.717, 1.165) is 25.7 Å². The van der Waals surface area contributed by atoms with Crippen molar-refractivity contribution in [2.75, 3.05) is 6.54 Å². The molecule has 1 aliphatic carbocycles. The molecule has 0 saturated heterocycles. The van der Waals surface area contributed by atoms with Crippen LogP contribution in [0.1, 0.15) is 36.0 Å². The van der Waals surface area contributed by atoms with Gasteiger partial charge in [-0.05, 0) is 25.0 Å². The SMILES string of the molecule is O=C(NCC1CCCCC1O)c1cccnc1. The molecule has 1 saturated carbocycles. The summed E-state index contributed by atoms with van der Waals surface area (Å²) in [5.41, 5.74) is 0.567. The van der Waals surface area contributed by atoms with E-state index >= 15 is 0 Å². The van der Waals surface area contributed by atoms with Crippen LogP contribution in [0.4, 0.5) is 0 Å². The Morgan fingerprint density at radius 2 is 2.29 bits per heavy atom. The maximum Gasteiger partial charge on any atom is 0.252 e. The first-order chi connectivity index (χ1) is 8.27. The minimum absolute atomic E-state index is 0.115. The summed E-state index contributed by atoms with van der Waals surface area (Å²) in [6.07, 6.45) is 7.01. The van der Waals surface area contributed by atoms with Crippen LogP contribution in [0, 0.1) is 5.92 Å². The predicted molar refractivity (Wildman–Crippen MR) is 64.5 cm³/mol. The summed E-state index contributed by atoms with van der Waals surface area (Å²) in [6, 6.07) is 3.48. The van der Waals surface area contributed by atoms with Crippen molar-refractivity contribution < 1.29 is 9.90 Å². The zero-order valence-electron chi connectivity index (χ0n) is 9.80. The summed E-state index contributed by atoms with van der Waals surface area (Å²) in [7, 11) is 0. The van der Waals surface area contributed by atoms with E-state index in [1.54, 1.807) is 24.5 Å². The van der Waals surface area contributed by atoms with Crippen LogP contribution >= 0.6 is 0 Å². The molecule has 4 heteroatoms. The van der Waals surface area contributed by atoms with Gasteiger partial charge >= 0.3 is 0 Å². The molecule has 0 aromatic carbocycles. The summed E-state index contributed by atoms with van der Waals surface area (Å²) in [6.45, 7) is 0.550. The second-order valence-electron chi connectivity index (χ2n) is 4.56. The van der Waals surface area contributed by atoms with Crippen LogP contribution in [-0.4, -0.2) is 28.6 Å². The van der Waals surface area contributed by atoms with Crippen LogP contribution in [0.25, 0.3) is 0 Å². The van der Waals surface area contributed by atoms with Gasteiger partial charge in [-0.2, -0.15) is 0 Å². The summed E-state index contributed by atoms with van der Waals surface area (Å²) in [5.74, 6) is 0.0836. The third-order valence-corrected chi connectivity index (χ3v) is 3.32. The highest BCUT2D eigenvalue weighted by atomic mass is 16.3. The number of pyridine rings is 1. The number of amides is 1. The molecule has 92 valence electrons. The molecule has 1 amide bonds. The average molecular weight is 234 g/mol. The maximum absolute atomic E-state index is 11.8. The highest BCUT2D eigenvalue weighted by molar-refractivity contribution is 5.93. The van der Waals surface area contributed by atoms with Gasteiger partial charge in [0.1, 0.15) is 0 Å². The molecule has 0 aliphatic heterocycles. The van der Waals surface area contributed by atoms with Crippen molar-refractivity contribution >= 4 is 5.91 Å². The Labute approximate surface area is 101 Å². The van der Waals surface area contributed by atoms with Gasteiger partial charge in [-0.25, -0.2) is 0 Å². The Hall–Kier alpha value is -1.42. The molecule has 0 bridgehead atoms. The first-order valence-corrected chi connectivity index (χ1v) is 6.13. The smallest absolute Gasteiger partial charge is 0.252 e. The second kappa shape index (κ2) is 5.77. The highest BCUT2D eigenvalue weighted by Crippen LogP contribution is 2.23. The Morgan fingerprint density at radius 3 is 3.00 bits per heavy atom. The van der Waals surface area contributed by atoms with Crippen molar-refractivity contribution in [3.05, 3.63) is 30.1 Å². The number of carbonyl (C=O) groups excluding carboxylic acids is 1. The molecule has 1 fully saturated rings. The van der Waals surface area contributed by atoms with E-state index in [2.05, 4.69) is 10.3 Å². The molecule has 1 aliphatic rings. The Kier molecular flexibility index (Phi) is 4.09. The molecule has 1 aromatic heterocycles. The summed E-state index contributed by atoms with van der Waals surface area (Å²) in [4.78, 5) is 15.7. The van der Waals surface area contributed by atoms with Crippen LogP contribution in [0.2, 0.25) is 0 Å². The Morgan fingerprint density at radius 1 is 1.47 bits per heavy atom. The fourth-order valence-corrected chi connectivity index (χ4v) is 2.25. The van der Waals surface area contributed by atoms with Crippen LogP contribution < -0.4 is 5.32 Å². The third kappa shape index (κ3) is 3.27. The fraction of sp³-hybridized carbons (Fsp3) is 0.538. The number of carbonyl (C=O) groups is 1. The van der Waals surface area contributed by atoms with Gasteiger partial charge < -0.3 is 10.4 Å². The number of aliphatic hydroxyl groups excluding tert-OH is 1. The van der Waals surface area contributed by atoms with E-state index in [1.807, 2.05) is 0 Å².